The van der Waals surface area contributed by atoms with Crippen molar-refractivity contribution in [2.24, 2.45) is 0 Å². The van der Waals surface area contributed by atoms with Crippen molar-refractivity contribution >= 4 is 11.8 Å². The number of hydrogen-bond donors (Lipinski definition) is 1. The molecule has 1 aromatic carbocycles. The summed E-state index contributed by atoms with van der Waals surface area (Å²) >= 11 is 0. The Morgan fingerprint density at radius 2 is 2.03 bits per heavy atom. The van der Waals surface area contributed by atoms with Gasteiger partial charge in [0.1, 0.15) is 5.82 Å². The van der Waals surface area contributed by atoms with Crippen LogP contribution in [0.1, 0.15) is 59.2 Å². The predicted octanol–water partition coefficient (Wildman–Crippen LogP) is 2.94. The maximum atomic E-state index is 13.0. The van der Waals surface area contributed by atoms with E-state index in [-0.39, 0.29) is 30.2 Å². The number of piperidine rings is 1. The van der Waals surface area contributed by atoms with Crippen molar-refractivity contribution in [3.05, 3.63) is 58.9 Å². The van der Waals surface area contributed by atoms with Crippen LogP contribution in [0.25, 0.3) is 0 Å². The molecule has 1 saturated heterocycles. The summed E-state index contributed by atoms with van der Waals surface area (Å²) in [5, 5.41) is 2.80. The number of ether oxygens (including phenoxy) is 1. The summed E-state index contributed by atoms with van der Waals surface area (Å²) in [5.74, 6) is -0.0145. The summed E-state index contributed by atoms with van der Waals surface area (Å²) < 4.78 is 18.0. The molecule has 8 heteroatoms. The van der Waals surface area contributed by atoms with Gasteiger partial charge in [-0.2, -0.15) is 0 Å². The summed E-state index contributed by atoms with van der Waals surface area (Å²) in [7, 11) is 1.58. The van der Waals surface area contributed by atoms with Gasteiger partial charge in [0.15, 0.2) is 5.82 Å². The molecule has 2 heterocycles. The van der Waals surface area contributed by atoms with Crippen LogP contribution in [0.5, 0.6) is 0 Å². The molecule has 0 spiro atoms. The average Bonchev–Trinajstić information content (AvgIpc) is 2.76. The zero-order valence-corrected chi connectivity index (χ0v) is 17.4. The molecule has 1 N–H and O–H groups in total. The molecule has 0 bridgehead atoms. The van der Waals surface area contributed by atoms with Crippen LogP contribution in [0.3, 0.4) is 0 Å². The van der Waals surface area contributed by atoms with Gasteiger partial charge in [-0.05, 0) is 43.9 Å². The van der Waals surface area contributed by atoms with Gasteiger partial charge in [0.05, 0.1) is 30.3 Å². The van der Waals surface area contributed by atoms with Gasteiger partial charge >= 0.3 is 0 Å². The fraction of sp³-hybridized carbons (Fsp3) is 0.455. The molecule has 7 nitrogen and oxygen atoms in total. The Kier molecular flexibility index (Phi) is 7.46. The lowest BCUT2D eigenvalue weighted by molar-refractivity contribution is -0.136. The molecule has 2 amide bonds. The van der Waals surface area contributed by atoms with Gasteiger partial charge in [0.25, 0.3) is 5.91 Å². The lowest BCUT2D eigenvalue weighted by Crippen LogP contribution is -2.39. The topological polar surface area (TPSA) is 84.4 Å². The fourth-order valence-corrected chi connectivity index (χ4v) is 3.58. The fourth-order valence-electron chi connectivity index (χ4n) is 3.58. The minimum Gasteiger partial charge on any atom is -0.384 e. The van der Waals surface area contributed by atoms with Crippen LogP contribution >= 0.6 is 0 Å². The van der Waals surface area contributed by atoms with Gasteiger partial charge in [0, 0.05) is 26.4 Å². The molecule has 160 valence electrons. The molecule has 1 aliphatic rings. The van der Waals surface area contributed by atoms with E-state index in [0.717, 1.165) is 24.8 Å². The Bertz CT molecular complexity index is 888. The van der Waals surface area contributed by atoms with Gasteiger partial charge in [-0.1, -0.05) is 12.1 Å². The van der Waals surface area contributed by atoms with Gasteiger partial charge in [-0.25, -0.2) is 14.4 Å². The third-order valence-electron chi connectivity index (χ3n) is 5.25. The molecular weight excluding hydrogens is 387 g/mol. The Morgan fingerprint density at radius 3 is 2.73 bits per heavy atom. The van der Waals surface area contributed by atoms with Crippen molar-refractivity contribution in [2.75, 3.05) is 20.3 Å². The normalized spacial score (nSPS) is 16.4. The van der Waals surface area contributed by atoms with E-state index in [9.17, 15) is 14.0 Å². The van der Waals surface area contributed by atoms with Crippen LogP contribution in [0.4, 0.5) is 4.39 Å². The molecule has 1 aliphatic heterocycles. The third-order valence-corrected chi connectivity index (χ3v) is 5.25. The maximum absolute atomic E-state index is 13.0. The number of aryl methyl sites for hydroxylation is 1. The van der Waals surface area contributed by atoms with Gasteiger partial charge in [0.2, 0.25) is 5.91 Å². The summed E-state index contributed by atoms with van der Waals surface area (Å²) in [6, 6.07) is 5.78. The molecule has 30 heavy (non-hydrogen) atoms. The van der Waals surface area contributed by atoms with E-state index < -0.39 is 0 Å². The first-order valence-corrected chi connectivity index (χ1v) is 10.1. The predicted molar refractivity (Wildman–Crippen MR) is 109 cm³/mol. The number of likely N-dealkylation sites (tertiary alicyclic amines) is 1. The Hall–Kier alpha value is -2.87. The van der Waals surface area contributed by atoms with E-state index in [1.807, 2.05) is 4.90 Å². The van der Waals surface area contributed by atoms with Crippen molar-refractivity contribution in [3.8, 4) is 0 Å². The summed E-state index contributed by atoms with van der Waals surface area (Å²) in [4.78, 5) is 35.9. The van der Waals surface area contributed by atoms with Crippen LogP contribution < -0.4 is 5.32 Å². The first-order valence-electron chi connectivity index (χ1n) is 10.1. The van der Waals surface area contributed by atoms with Gasteiger partial charge in [-0.3, -0.25) is 9.59 Å². The number of nitrogens with zero attached hydrogens (tertiary/aromatic N) is 3. The van der Waals surface area contributed by atoms with Crippen LogP contribution in [0.2, 0.25) is 0 Å². The van der Waals surface area contributed by atoms with Crippen LogP contribution in [0, 0.1) is 12.7 Å². The third kappa shape index (κ3) is 5.38. The highest BCUT2D eigenvalue weighted by molar-refractivity contribution is 5.94. The number of amides is 2. The van der Waals surface area contributed by atoms with Crippen molar-refractivity contribution < 1.29 is 18.7 Å². The molecule has 1 atom stereocenters. The largest absolute Gasteiger partial charge is 0.384 e. The number of hydrogen-bond acceptors (Lipinski definition) is 5. The van der Waals surface area contributed by atoms with E-state index in [1.54, 1.807) is 26.2 Å². The minimum atomic E-state index is -0.317. The number of aromatic nitrogens is 2. The maximum Gasteiger partial charge on any atom is 0.254 e. The second-order valence-corrected chi connectivity index (χ2v) is 7.38. The first-order chi connectivity index (χ1) is 14.5. The molecule has 2 aromatic rings. The highest BCUT2D eigenvalue weighted by Gasteiger charge is 2.30. The van der Waals surface area contributed by atoms with Crippen LogP contribution in [-0.2, 0) is 16.1 Å². The monoisotopic (exact) mass is 414 g/mol. The van der Waals surface area contributed by atoms with Gasteiger partial charge < -0.3 is 15.0 Å². The first kappa shape index (κ1) is 21.8. The second kappa shape index (κ2) is 10.2. The Balaban J connectivity index is 1.69. The van der Waals surface area contributed by atoms with E-state index >= 15 is 0 Å². The van der Waals surface area contributed by atoms with Crippen LogP contribution in [-0.4, -0.2) is 46.9 Å². The highest BCUT2D eigenvalue weighted by atomic mass is 19.1. The van der Waals surface area contributed by atoms with E-state index in [2.05, 4.69) is 15.3 Å². The Labute approximate surface area is 175 Å². The molecule has 0 unspecified atom stereocenters. The number of methoxy groups -OCH3 is 1. The zero-order valence-electron chi connectivity index (χ0n) is 17.4. The van der Waals surface area contributed by atoms with E-state index in [0.29, 0.717) is 36.7 Å². The summed E-state index contributed by atoms with van der Waals surface area (Å²) in [5.41, 5.74) is 1.74. The van der Waals surface area contributed by atoms with E-state index in [1.165, 1.54) is 18.3 Å². The minimum absolute atomic E-state index is 0.0314. The zero-order chi connectivity index (χ0) is 21.5. The number of carbonyl (C=O) groups excluding carboxylic acids is 2. The summed E-state index contributed by atoms with van der Waals surface area (Å²) in [6.07, 6.45) is 4.60. The second-order valence-electron chi connectivity index (χ2n) is 7.38. The highest BCUT2D eigenvalue weighted by Crippen LogP contribution is 2.29. The number of carbonyl (C=O) groups is 2. The number of nitrogens with one attached hydrogen (secondary N) is 1. The van der Waals surface area contributed by atoms with E-state index in [4.69, 9.17) is 4.74 Å². The molecule has 3 rings (SSSR count). The number of halogens is 1. The molecular formula is C22H27FN4O3. The van der Waals surface area contributed by atoms with Crippen LogP contribution in [0.15, 0.2) is 30.5 Å². The quantitative estimate of drug-likeness (QED) is 0.753. The molecule has 0 aliphatic carbocycles. The number of benzene rings is 1. The van der Waals surface area contributed by atoms with Crippen molar-refractivity contribution in [3.63, 3.8) is 0 Å². The standard InChI is InChI=1S/C22H27FN4O3/c1-15-18(22(29)25-13-16-6-8-17(23)9-7-16)14-24-21(26-15)19-5-3-4-11-27(19)20(28)10-12-30-2/h6-9,14,19H,3-5,10-13H2,1-2H3,(H,25,29)/t19-/m1/s1. The molecule has 0 saturated carbocycles. The Morgan fingerprint density at radius 1 is 1.27 bits per heavy atom. The molecule has 1 aromatic heterocycles. The molecule has 0 radical (unpaired) electrons. The van der Waals surface area contributed by atoms with Crippen molar-refractivity contribution in [2.45, 2.75) is 45.2 Å². The molecule has 1 fully saturated rings. The lowest BCUT2D eigenvalue weighted by Gasteiger charge is -2.35. The number of rotatable bonds is 7. The summed E-state index contributed by atoms with van der Waals surface area (Å²) in [6.45, 7) is 3.10. The lowest BCUT2D eigenvalue weighted by atomic mass is 10.0. The smallest absolute Gasteiger partial charge is 0.254 e. The van der Waals surface area contributed by atoms with Gasteiger partial charge in [-0.15, -0.1) is 0 Å². The van der Waals surface area contributed by atoms with Crippen molar-refractivity contribution in [1.82, 2.24) is 20.2 Å². The SMILES string of the molecule is COCCC(=O)N1CCCC[C@@H]1c1ncc(C(=O)NCc2ccc(F)cc2)c(C)n1. The van der Waals surface area contributed by atoms with Crippen molar-refractivity contribution in [1.29, 1.82) is 0 Å². The average molecular weight is 414 g/mol.